The van der Waals surface area contributed by atoms with Crippen LogP contribution in [0.4, 0.5) is 0 Å². The van der Waals surface area contributed by atoms with E-state index in [1.165, 1.54) is 4.90 Å². The molecule has 0 aliphatic heterocycles. The van der Waals surface area contributed by atoms with Crippen molar-refractivity contribution in [3.8, 4) is 0 Å². The summed E-state index contributed by atoms with van der Waals surface area (Å²) in [6.07, 6.45) is 2.27. The van der Waals surface area contributed by atoms with E-state index < -0.39 is 0 Å². The van der Waals surface area contributed by atoms with Crippen molar-refractivity contribution in [1.82, 2.24) is 5.32 Å². The van der Waals surface area contributed by atoms with Crippen LogP contribution >= 0.6 is 11.8 Å². The molecule has 15 heavy (non-hydrogen) atoms. The summed E-state index contributed by atoms with van der Waals surface area (Å²) in [7, 11) is 0. The van der Waals surface area contributed by atoms with Crippen molar-refractivity contribution in [3.63, 3.8) is 0 Å². The SMILES string of the molecule is CCSc1cccc(C(=O)NC2CC2)c1. The molecular formula is C12H15NOS. The van der Waals surface area contributed by atoms with Gasteiger partial charge in [-0.15, -0.1) is 11.8 Å². The molecule has 0 bridgehead atoms. The lowest BCUT2D eigenvalue weighted by Crippen LogP contribution is -2.25. The molecule has 0 atom stereocenters. The highest BCUT2D eigenvalue weighted by Gasteiger charge is 2.23. The second-order valence-electron chi connectivity index (χ2n) is 3.71. The van der Waals surface area contributed by atoms with Gasteiger partial charge in [0.1, 0.15) is 0 Å². The molecule has 1 fully saturated rings. The summed E-state index contributed by atoms with van der Waals surface area (Å²) >= 11 is 1.76. The first-order valence-electron chi connectivity index (χ1n) is 5.33. The number of carbonyl (C=O) groups excluding carboxylic acids is 1. The van der Waals surface area contributed by atoms with Crippen molar-refractivity contribution in [2.75, 3.05) is 5.75 Å². The Kier molecular flexibility index (Phi) is 3.31. The van der Waals surface area contributed by atoms with Crippen LogP contribution in [-0.4, -0.2) is 17.7 Å². The number of rotatable bonds is 4. The Morgan fingerprint density at radius 2 is 2.33 bits per heavy atom. The first kappa shape index (κ1) is 10.6. The molecule has 0 heterocycles. The molecule has 3 heteroatoms. The second-order valence-corrected chi connectivity index (χ2v) is 5.05. The van der Waals surface area contributed by atoms with E-state index in [1.807, 2.05) is 24.3 Å². The van der Waals surface area contributed by atoms with E-state index in [1.54, 1.807) is 11.8 Å². The Hall–Kier alpha value is -0.960. The van der Waals surface area contributed by atoms with Gasteiger partial charge >= 0.3 is 0 Å². The fraction of sp³-hybridized carbons (Fsp3) is 0.417. The Bertz CT molecular complexity index is 360. The van der Waals surface area contributed by atoms with Gasteiger partial charge in [0, 0.05) is 16.5 Å². The van der Waals surface area contributed by atoms with Gasteiger partial charge < -0.3 is 5.32 Å². The number of thioether (sulfide) groups is 1. The predicted molar refractivity (Wildman–Crippen MR) is 63.3 cm³/mol. The van der Waals surface area contributed by atoms with Crippen molar-refractivity contribution in [3.05, 3.63) is 29.8 Å². The summed E-state index contributed by atoms with van der Waals surface area (Å²) in [5, 5.41) is 2.99. The molecule has 0 aromatic heterocycles. The lowest BCUT2D eigenvalue weighted by molar-refractivity contribution is 0.0951. The number of carbonyl (C=O) groups is 1. The topological polar surface area (TPSA) is 29.1 Å². The molecule has 1 saturated carbocycles. The van der Waals surface area contributed by atoms with E-state index in [2.05, 4.69) is 12.2 Å². The molecule has 1 aromatic carbocycles. The standard InChI is InChI=1S/C12H15NOS/c1-2-15-11-5-3-4-9(8-11)12(14)13-10-6-7-10/h3-5,8,10H,2,6-7H2,1H3,(H,13,14). The fourth-order valence-electron chi connectivity index (χ4n) is 1.39. The minimum absolute atomic E-state index is 0.0658. The summed E-state index contributed by atoms with van der Waals surface area (Å²) in [5.41, 5.74) is 0.778. The third-order valence-corrected chi connectivity index (χ3v) is 3.20. The number of benzene rings is 1. The molecule has 0 spiro atoms. The molecule has 0 radical (unpaired) electrons. The van der Waals surface area contributed by atoms with E-state index in [0.717, 1.165) is 24.2 Å². The minimum Gasteiger partial charge on any atom is -0.349 e. The molecule has 80 valence electrons. The van der Waals surface area contributed by atoms with Crippen molar-refractivity contribution < 1.29 is 4.79 Å². The average Bonchev–Trinajstić information content (AvgIpc) is 3.03. The average molecular weight is 221 g/mol. The van der Waals surface area contributed by atoms with Gasteiger partial charge in [-0.05, 0) is 36.8 Å². The molecule has 2 nitrogen and oxygen atoms in total. The predicted octanol–water partition coefficient (Wildman–Crippen LogP) is 2.69. The van der Waals surface area contributed by atoms with Gasteiger partial charge in [0.2, 0.25) is 0 Å². The van der Waals surface area contributed by atoms with E-state index in [-0.39, 0.29) is 5.91 Å². The van der Waals surface area contributed by atoms with Crippen LogP contribution in [0, 0.1) is 0 Å². The number of hydrogen-bond donors (Lipinski definition) is 1. The van der Waals surface area contributed by atoms with Crippen molar-refractivity contribution in [1.29, 1.82) is 0 Å². The molecule has 2 rings (SSSR count). The summed E-state index contributed by atoms with van der Waals surface area (Å²) in [5.74, 6) is 1.10. The Morgan fingerprint density at radius 1 is 1.53 bits per heavy atom. The fourth-order valence-corrected chi connectivity index (χ4v) is 2.11. The van der Waals surface area contributed by atoms with Crippen LogP contribution in [0.1, 0.15) is 30.1 Å². The second kappa shape index (κ2) is 4.71. The zero-order chi connectivity index (χ0) is 10.7. The van der Waals surface area contributed by atoms with Gasteiger partial charge in [0.05, 0.1) is 0 Å². The van der Waals surface area contributed by atoms with Crippen LogP contribution in [0.25, 0.3) is 0 Å². The van der Waals surface area contributed by atoms with Crippen molar-refractivity contribution in [2.24, 2.45) is 0 Å². The number of nitrogens with one attached hydrogen (secondary N) is 1. The quantitative estimate of drug-likeness (QED) is 0.792. The lowest BCUT2D eigenvalue weighted by Gasteiger charge is -2.04. The summed E-state index contributed by atoms with van der Waals surface area (Å²) in [4.78, 5) is 12.9. The van der Waals surface area contributed by atoms with Crippen molar-refractivity contribution in [2.45, 2.75) is 30.7 Å². The van der Waals surface area contributed by atoms with Crippen molar-refractivity contribution >= 4 is 17.7 Å². The van der Waals surface area contributed by atoms with Gasteiger partial charge in [0.15, 0.2) is 0 Å². The highest BCUT2D eigenvalue weighted by Crippen LogP contribution is 2.21. The third kappa shape index (κ3) is 2.99. The highest BCUT2D eigenvalue weighted by atomic mass is 32.2. The van der Waals surface area contributed by atoms with Crippen LogP contribution in [0.3, 0.4) is 0 Å². The van der Waals surface area contributed by atoms with Crippen LogP contribution in [0.5, 0.6) is 0 Å². The van der Waals surface area contributed by atoms with E-state index in [4.69, 9.17) is 0 Å². The summed E-state index contributed by atoms with van der Waals surface area (Å²) < 4.78 is 0. The molecule has 0 unspecified atom stereocenters. The van der Waals surface area contributed by atoms with Crippen LogP contribution < -0.4 is 5.32 Å². The van der Waals surface area contributed by atoms with Crippen LogP contribution in [0.15, 0.2) is 29.2 Å². The molecule has 1 aliphatic rings. The third-order valence-electron chi connectivity index (χ3n) is 2.32. The summed E-state index contributed by atoms with van der Waals surface area (Å²) in [6.45, 7) is 2.11. The van der Waals surface area contributed by atoms with Gasteiger partial charge in [-0.25, -0.2) is 0 Å². The molecule has 1 N–H and O–H groups in total. The molecular weight excluding hydrogens is 206 g/mol. The maximum Gasteiger partial charge on any atom is 0.251 e. The van der Waals surface area contributed by atoms with Gasteiger partial charge in [0.25, 0.3) is 5.91 Å². The number of amides is 1. The zero-order valence-electron chi connectivity index (χ0n) is 8.82. The summed E-state index contributed by atoms with van der Waals surface area (Å²) in [6, 6.07) is 8.26. The van der Waals surface area contributed by atoms with Crippen LogP contribution in [0.2, 0.25) is 0 Å². The molecule has 1 aliphatic carbocycles. The maximum atomic E-state index is 11.7. The Balaban J connectivity index is 2.05. The lowest BCUT2D eigenvalue weighted by atomic mass is 10.2. The zero-order valence-corrected chi connectivity index (χ0v) is 9.64. The van der Waals surface area contributed by atoms with E-state index >= 15 is 0 Å². The normalized spacial score (nSPS) is 15.0. The highest BCUT2D eigenvalue weighted by molar-refractivity contribution is 7.99. The van der Waals surface area contributed by atoms with Gasteiger partial charge in [-0.3, -0.25) is 4.79 Å². The monoisotopic (exact) mass is 221 g/mol. The Labute approximate surface area is 94.4 Å². The Morgan fingerprint density at radius 3 is 3.00 bits per heavy atom. The molecule has 1 amide bonds. The minimum atomic E-state index is 0.0658. The maximum absolute atomic E-state index is 11.7. The first-order valence-corrected chi connectivity index (χ1v) is 6.32. The molecule has 0 saturated heterocycles. The molecule has 1 aromatic rings. The van der Waals surface area contributed by atoms with Gasteiger partial charge in [-0.1, -0.05) is 13.0 Å². The largest absolute Gasteiger partial charge is 0.349 e. The van der Waals surface area contributed by atoms with E-state index in [9.17, 15) is 4.79 Å². The number of hydrogen-bond acceptors (Lipinski definition) is 2. The first-order chi connectivity index (χ1) is 7.29. The van der Waals surface area contributed by atoms with E-state index in [0.29, 0.717) is 6.04 Å². The van der Waals surface area contributed by atoms with Gasteiger partial charge in [-0.2, -0.15) is 0 Å². The van der Waals surface area contributed by atoms with Crippen LogP contribution in [-0.2, 0) is 0 Å². The smallest absolute Gasteiger partial charge is 0.251 e.